The van der Waals surface area contributed by atoms with Gasteiger partial charge in [0.1, 0.15) is 0 Å². The van der Waals surface area contributed by atoms with Crippen molar-refractivity contribution in [2.24, 2.45) is 5.92 Å². The van der Waals surface area contributed by atoms with Crippen LogP contribution in [0.15, 0.2) is 12.4 Å². The lowest BCUT2D eigenvalue weighted by Crippen LogP contribution is -2.32. The Labute approximate surface area is 67.4 Å². The second kappa shape index (κ2) is 2.64. The van der Waals surface area contributed by atoms with Gasteiger partial charge in [0, 0.05) is 6.20 Å². The van der Waals surface area contributed by atoms with Crippen molar-refractivity contribution in [2.75, 3.05) is 0 Å². The third-order valence-corrected chi connectivity index (χ3v) is 2.43. The van der Waals surface area contributed by atoms with Gasteiger partial charge in [0.25, 0.3) is 0 Å². The minimum absolute atomic E-state index is 0.0660. The standard InChI is InChI=1S/C8H15N3/c1-7(2)8(3,4)11-6-5-9-10-11/h5-7H,1-4H3. The van der Waals surface area contributed by atoms with Crippen LogP contribution in [0.2, 0.25) is 0 Å². The monoisotopic (exact) mass is 153 g/mol. The molecule has 0 fully saturated rings. The molecule has 0 saturated carbocycles. The van der Waals surface area contributed by atoms with Gasteiger partial charge in [0.15, 0.2) is 0 Å². The SMILES string of the molecule is CC(C)C(C)(C)n1ccnn1. The van der Waals surface area contributed by atoms with Crippen LogP contribution in [0.5, 0.6) is 0 Å². The van der Waals surface area contributed by atoms with E-state index < -0.39 is 0 Å². The van der Waals surface area contributed by atoms with E-state index in [1.54, 1.807) is 6.20 Å². The van der Waals surface area contributed by atoms with Gasteiger partial charge in [-0.3, -0.25) is 0 Å². The van der Waals surface area contributed by atoms with Gasteiger partial charge in [-0.2, -0.15) is 0 Å². The van der Waals surface area contributed by atoms with Crippen molar-refractivity contribution in [3.05, 3.63) is 12.4 Å². The van der Waals surface area contributed by atoms with E-state index in [4.69, 9.17) is 0 Å². The molecule has 62 valence electrons. The summed E-state index contributed by atoms with van der Waals surface area (Å²) in [6.45, 7) is 8.68. The maximum atomic E-state index is 3.98. The van der Waals surface area contributed by atoms with Crippen LogP contribution in [0.1, 0.15) is 27.7 Å². The molecule has 0 aliphatic heterocycles. The Balaban J connectivity index is 2.90. The number of hydrogen-bond donors (Lipinski definition) is 0. The van der Waals surface area contributed by atoms with Gasteiger partial charge in [-0.05, 0) is 19.8 Å². The molecule has 0 bridgehead atoms. The third kappa shape index (κ3) is 1.42. The van der Waals surface area contributed by atoms with E-state index in [1.807, 2.05) is 10.9 Å². The lowest BCUT2D eigenvalue weighted by atomic mass is 9.91. The average Bonchev–Trinajstić information content (AvgIpc) is 2.37. The molecule has 0 spiro atoms. The summed E-state index contributed by atoms with van der Waals surface area (Å²) in [6, 6.07) is 0. The van der Waals surface area contributed by atoms with Crippen molar-refractivity contribution in [3.8, 4) is 0 Å². The quantitative estimate of drug-likeness (QED) is 0.647. The molecule has 11 heavy (non-hydrogen) atoms. The predicted molar refractivity (Wildman–Crippen MR) is 44.2 cm³/mol. The number of rotatable bonds is 2. The van der Waals surface area contributed by atoms with E-state index in [-0.39, 0.29) is 5.54 Å². The first kappa shape index (κ1) is 8.24. The minimum atomic E-state index is 0.0660. The zero-order valence-electron chi connectivity index (χ0n) is 7.57. The van der Waals surface area contributed by atoms with E-state index in [0.717, 1.165) is 0 Å². The summed E-state index contributed by atoms with van der Waals surface area (Å²) in [7, 11) is 0. The Morgan fingerprint density at radius 2 is 2.00 bits per heavy atom. The van der Waals surface area contributed by atoms with Crippen LogP contribution in [0, 0.1) is 5.92 Å². The highest BCUT2D eigenvalue weighted by atomic mass is 15.4. The number of aromatic nitrogens is 3. The maximum absolute atomic E-state index is 3.98. The zero-order valence-corrected chi connectivity index (χ0v) is 7.57. The van der Waals surface area contributed by atoms with Crippen molar-refractivity contribution < 1.29 is 0 Å². The molecule has 0 aromatic carbocycles. The summed E-state index contributed by atoms with van der Waals surface area (Å²) in [5.74, 6) is 0.559. The molecule has 0 saturated heterocycles. The van der Waals surface area contributed by atoms with Crippen molar-refractivity contribution in [2.45, 2.75) is 33.2 Å². The van der Waals surface area contributed by atoms with Gasteiger partial charge < -0.3 is 0 Å². The molecule has 0 unspecified atom stereocenters. The average molecular weight is 153 g/mol. The van der Waals surface area contributed by atoms with E-state index >= 15 is 0 Å². The van der Waals surface area contributed by atoms with Gasteiger partial charge in [0.2, 0.25) is 0 Å². The predicted octanol–water partition coefficient (Wildman–Crippen LogP) is 1.67. The molecular weight excluding hydrogens is 138 g/mol. The Bertz CT molecular complexity index is 211. The van der Waals surface area contributed by atoms with Gasteiger partial charge in [-0.25, -0.2) is 4.68 Å². The summed E-state index contributed by atoms with van der Waals surface area (Å²) in [5.41, 5.74) is 0.0660. The first-order valence-corrected chi connectivity index (χ1v) is 3.92. The Kier molecular flexibility index (Phi) is 1.98. The highest BCUT2D eigenvalue weighted by Crippen LogP contribution is 2.22. The van der Waals surface area contributed by atoms with E-state index in [1.165, 1.54) is 0 Å². The fourth-order valence-electron chi connectivity index (χ4n) is 0.780. The van der Waals surface area contributed by atoms with Crippen LogP contribution in [-0.2, 0) is 5.54 Å². The largest absolute Gasteiger partial charge is 0.247 e. The van der Waals surface area contributed by atoms with Gasteiger partial charge in [-0.15, -0.1) is 5.10 Å². The first-order chi connectivity index (χ1) is 5.05. The second-order valence-electron chi connectivity index (χ2n) is 3.66. The molecule has 3 heteroatoms. The number of hydrogen-bond acceptors (Lipinski definition) is 2. The van der Waals surface area contributed by atoms with Crippen molar-refractivity contribution in [1.82, 2.24) is 15.0 Å². The van der Waals surface area contributed by atoms with Crippen LogP contribution < -0.4 is 0 Å². The van der Waals surface area contributed by atoms with Crippen LogP contribution in [-0.4, -0.2) is 15.0 Å². The summed E-state index contributed by atoms with van der Waals surface area (Å²) in [5, 5.41) is 7.76. The summed E-state index contributed by atoms with van der Waals surface area (Å²) in [4.78, 5) is 0. The van der Waals surface area contributed by atoms with Crippen LogP contribution >= 0.6 is 0 Å². The summed E-state index contributed by atoms with van der Waals surface area (Å²) >= 11 is 0. The topological polar surface area (TPSA) is 30.7 Å². The lowest BCUT2D eigenvalue weighted by molar-refractivity contribution is 0.221. The van der Waals surface area contributed by atoms with Crippen molar-refractivity contribution in [3.63, 3.8) is 0 Å². The molecule has 0 aliphatic carbocycles. The van der Waals surface area contributed by atoms with Crippen LogP contribution in [0.25, 0.3) is 0 Å². The van der Waals surface area contributed by atoms with E-state index in [0.29, 0.717) is 5.92 Å². The summed E-state index contributed by atoms with van der Waals surface area (Å²) in [6.07, 6.45) is 3.62. The second-order valence-corrected chi connectivity index (χ2v) is 3.66. The van der Waals surface area contributed by atoms with Gasteiger partial charge in [-0.1, -0.05) is 19.1 Å². The molecule has 0 N–H and O–H groups in total. The minimum Gasteiger partial charge on any atom is -0.247 e. The molecule has 0 amide bonds. The highest BCUT2D eigenvalue weighted by Gasteiger charge is 2.24. The summed E-state index contributed by atoms with van der Waals surface area (Å²) < 4.78 is 1.90. The number of nitrogens with zero attached hydrogens (tertiary/aromatic N) is 3. The lowest BCUT2D eigenvalue weighted by Gasteiger charge is -2.28. The molecule has 1 aromatic heterocycles. The zero-order chi connectivity index (χ0) is 8.48. The van der Waals surface area contributed by atoms with Crippen molar-refractivity contribution in [1.29, 1.82) is 0 Å². The molecule has 1 aromatic rings. The van der Waals surface area contributed by atoms with Crippen molar-refractivity contribution >= 4 is 0 Å². The Morgan fingerprint density at radius 3 is 2.36 bits per heavy atom. The Morgan fingerprint density at radius 1 is 1.36 bits per heavy atom. The normalized spacial score (nSPS) is 12.5. The third-order valence-electron chi connectivity index (χ3n) is 2.43. The fourth-order valence-corrected chi connectivity index (χ4v) is 0.780. The van der Waals surface area contributed by atoms with Crippen LogP contribution in [0.4, 0.5) is 0 Å². The van der Waals surface area contributed by atoms with Gasteiger partial charge >= 0.3 is 0 Å². The van der Waals surface area contributed by atoms with Gasteiger partial charge in [0.05, 0.1) is 11.7 Å². The molecule has 3 nitrogen and oxygen atoms in total. The smallest absolute Gasteiger partial charge is 0.0693 e. The molecule has 0 aliphatic rings. The molecule has 1 heterocycles. The molecular formula is C8H15N3. The Hall–Kier alpha value is -0.860. The molecule has 0 atom stereocenters. The first-order valence-electron chi connectivity index (χ1n) is 3.92. The fraction of sp³-hybridized carbons (Fsp3) is 0.750. The van der Waals surface area contributed by atoms with E-state index in [2.05, 4.69) is 38.0 Å². The molecule has 0 radical (unpaired) electrons. The molecule has 1 rings (SSSR count). The van der Waals surface area contributed by atoms with E-state index in [9.17, 15) is 0 Å². The maximum Gasteiger partial charge on any atom is 0.0693 e. The highest BCUT2D eigenvalue weighted by molar-refractivity contribution is 4.81. The van der Waals surface area contributed by atoms with Crippen LogP contribution in [0.3, 0.4) is 0 Å².